The zero-order valence-corrected chi connectivity index (χ0v) is 18.0. The van der Waals surface area contributed by atoms with Gasteiger partial charge in [0.2, 0.25) is 0 Å². The number of nitrogens with zero attached hydrogens (tertiary/aromatic N) is 2. The summed E-state index contributed by atoms with van der Waals surface area (Å²) in [6, 6.07) is 13.0. The minimum absolute atomic E-state index is 0.957. The van der Waals surface area contributed by atoms with Crippen molar-refractivity contribution >= 4 is 60.4 Å². The Bertz CT molecular complexity index is 1320. The van der Waals surface area contributed by atoms with Crippen LogP contribution in [0.15, 0.2) is 58.0 Å². The third kappa shape index (κ3) is 2.90. The van der Waals surface area contributed by atoms with Crippen molar-refractivity contribution in [2.24, 2.45) is 0 Å². The molecule has 27 heavy (non-hydrogen) atoms. The molecule has 5 aromatic rings. The Hall–Kier alpha value is -2.08. The van der Waals surface area contributed by atoms with Crippen LogP contribution in [-0.4, -0.2) is 9.97 Å². The third-order valence-corrected chi connectivity index (χ3v) is 7.63. The van der Waals surface area contributed by atoms with E-state index in [-0.39, 0.29) is 0 Å². The molecule has 0 radical (unpaired) electrons. The Balaban J connectivity index is 1.67. The molecule has 0 aliphatic carbocycles. The third-order valence-electron chi connectivity index (χ3n) is 4.78. The maximum absolute atomic E-state index is 4.78. The second-order valence-corrected chi connectivity index (χ2v) is 10.00. The first-order chi connectivity index (χ1) is 13.1. The van der Waals surface area contributed by atoms with Gasteiger partial charge in [0, 0.05) is 44.0 Å². The van der Waals surface area contributed by atoms with E-state index in [1.807, 2.05) is 12.4 Å². The van der Waals surface area contributed by atoms with E-state index in [4.69, 9.17) is 9.97 Å². The molecule has 0 N–H and O–H groups in total. The van der Waals surface area contributed by atoms with Gasteiger partial charge in [-0.25, -0.2) is 0 Å². The van der Waals surface area contributed by atoms with E-state index < -0.39 is 0 Å². The van der Waals surface area contributed by atoms with Crippen molar-refractivity contribution in [2.75, 3.05) is 0 Å². The van der Waals surface area contributed by atoms with Crippen LogP contribution in [0.3, 0.4) is 0 Å². The SMILES string of the molecule is Cc1ccsc1-c1cnc2c(ccc3cc(-c4sc(Br)cc4C)cnc32)c1. The Labute approximate surface area is 173 Å². The first-order valence-corrected chi connectivity index (χ1v) is 11.1. The van der Waals surface area contributed by atoms with Crippen molar-refractivity contribution in [2.45, 2.75) is 13.8 Å². The summed E-state index contributed by atoms with van der Waals surface area (Å²) >= 11 is 7.08. The van der Waals surface area contributed by atoms with Crippen LogP contribution in [0.4, 0.5) is 0 Å². The highest BCUT2D eigenvalue weighted by molar-refractivity contribution is 9.11. The molecule has 0 spiro atoms. The maximum Gasteiger partial charge on any atom is 0.0965 e. The fourth-order valence-electron chi connectivity index (χ4n) is 3.44. The lowest BCUT2D eigenvalue weighted by Crippen LogP contribution is -1.88. The summed E-state index contributed by atoms with van der Waals surface area (Å²) in [5, 5.41) is 4.38. The molecule has 0 amide bonds. The van der Waals surface area contributed by atoms with Gasteiger partial charge in [-0.05, 0) is 70.5 Å². The molecule has 1 aromatic carbocycles. The van der Waals surface area contributed by atoms with Gasteiger partial charge < -0.3 is 0 Å². The summed E-state index contributed by atoms with van der Waals surface area (Å²) in [6.45, 7) is 4.28. The van der Waals surface area contributed by atoms with Crippen LogP contribution in [0.5, 0.6) is 0 Å². The second kappa shape index (κ2) is 6.51. The number of fused-ring (bicyclic) bond motifs is 3. The normalized spacial score (nSPS) is 11.5. The molecule has 0 saturated heterocycles. The fourth-order valence-corrected chi connectivity index (χ4v) is 6.06. The monoisotopic (exact) mass is 450 g/mol. The van der Waals surface area contributed by atoms with E-state index in [0.717, 1.165) is 31.2 Å². The van der Waals surface area contributed by atoms with Gasteiger partial charge in [-0.1, -0.05) is 12.1 Å². The van der Waals surface area contributed by atoms with Gasteiger partial charge in [-0.3, -0.25) is 9.97 Å². The molecule has 0 unspecified atom stereocenters. The van der Waals surface area contributed by atoms with Crippen LogP contribution in [0.25, 0.3) is 42.7 Å². The first kappa shape index (κ1) is 17.0. The predicted octanol–water partition coefficient (Wildman–Crippen LogP) is 7.62. The molecule has 0 aliphatic rings. The van der Waals surface area contributed by atoms with Gasteiger partial charge in [0.1, 0.15) is 0 Å². The summed E-state index contributed by atoms with van der Waals surface area (Å²) in [4.78, 5) is 12.1. The first-order valence-electron chi connectivity index (χ1n) is 8.59. The number of thiophene rings is 2. The average molecular weight is 451 g/mol. The van der Waals surface area contributed by atoms with Crippen molar-refractivity contribution in [3.63, 3.8) is 0 Å². The zero-order chi connectivity index (χ0) is 18.5. The van der Waals surface area contributed by atoms with Crippen LogP contribution in [0.2, 0.25) is 0 Å². The van der Waals surface area contributed by atoms with Crippen LogP contribution in [0, 0.1) is 13.8 Å². The number of benzene rings is 1. The highest BCUT2D eigenvalue weighted by atomic mass is 79.9. The average Bonchev–Trinajstić information content (AvgIpc) is 3.25. The lowest BCUT2D eigenvalue weighted by molar-refractivity contribution is 1.37. The molecule has 0 aliphatic heterocycles. The second-order valence-electron chi connectivity index (χ2n) is 6.65. The lowest BCUT2D eigenvalue weighted by Gasteiger charge is -2.07. The number of aromatic nitrogens is 2. The molecule has 5 heteroatoms. The highest BCUT2D eigenvalue weighted by Gasteiger charge is 2.11. The zero-order valence-electron chi connectivity index (χ0n) is 14.8. The van der Waals surface area contributed by atoms with Crippen LogP contribution in [-0.2, 0) is 0 Å². The molecule has 0 atom stereocenters. The van der Waals surface area contributed by atoms with Gasteiger partial charge >= 0.3 is 0 Å². The highest BCUT2D eigenvalue weighted by Crippen LogP contribution is 2.37. The lowest BCUT2D eigenvalue weighted by atomic mass is 10.1. The summed E-state index contributed by atoms with van der Waals surface area (Å²) in [5.41, 5.74) is 6.80. The van der Waals surface area contributed by atoms with E-state index in [9.17, 15) is 0 Å². The minimum atomic E-state index is 0.957. The van der Waals surface area contributed by atoms with Crippen molar-refractivity contribution in [1.82, 2.24) is 9.97 Å². The molecule has 0 saturated carbocycles. The number of pyridine rings is 2. The van der Waals surface area contributed by atoms with E-state index >= 15 is 0 Å². The van der Waals surface area contributed by atoms with Crippen molar-refractivity contribution in [1.29, 1.82) is 0 Å². The number of rotatable bonds is 2. The Morgan fingerprint density at radius 2 is 1.41 bits per heavy atom. The summed E-state index contributed by atoms with van der Waals surface area (Å²) in [6.07, 6.45) is 3.93. The standard InChI is InChI=1S/C22H15BrN2S2/c1-12-5-6-26-21(12)16-8-14-3-4-15-9-17(22-13(2)7-18(23)27-22)11-25-20(15)19(14)24-10-16/h3-11H,1-2H3. The molecule has 4 aromatic heterocycles. The summed E-state index contributed by atoms with van der Waals surface area (Å²) < 4.78 is 1.15. The van der Waals surface area contributed by atoms with E-state index in [1.54, 1.807) is 22.7 Å². The van der Waals surface area contributed by atoms with Crippen molar-refractivity contribution in [3.8, 4) is 20.9 Å². The van der Waals surface area contributed by atoms with E-state index in [0.29, 0.717) is 0 Å². The minimum Gasteiger partial charge on any atom is -0.253 e. The van der Waals surface area contributed by atoms with Crippen LogP contribution in [0.1, 0.15) is 11.1 Å². The predicted molar refractivity (Wildman–Crippen MR) is 121 cm³/mol. The van der Waals surface area contributed by atoms with Gasteiger partial charge in [0.25, 0.3) is 0 Å². The molecule has 2 nitrogen and oxygen atoms in total. The molecule has 4 heterocycles. The smallest absolute Gasteiger partial charge is 0.0965 e. The summed E-state index contributed by atoms with van der Waals surface area (Å²) in [5.74, 6) is 0. The topological polar surface area (TPSA) is 25.8 Å². The summed E-state index contributed by atoms with van der Waals surface area (Å²) in [7, 11) is 0. The van der Waals surface area contributed by atoms with Gasteiger partial charge in [0.15, 0.2) is 0 Å². The van der Waals surface area contributed by atoms with Gasteiger partial charge in [-0.2, -0.15) is 0 Å². The maximum atomic E-state index is 4.78. The molecule has 5 rings (SSSR count). The number of hydrogen-bond acceptors (Lipinski definition) is 4. The van der Waals surface area contributed by atoms with Crippen LogP contribution >= 0.6 is 38.6 Å². The van der Waals surface area contributed by atoms with Crippen LogP contribution < -0.4 is 0 Å². The van der Waals surface area contributed by atoms with E-state index in [1.165, 1.54) is 26.4 Å². The van der Waals surface area contributed by atoms with E-state index in [2.05, 4.69) is 71.6 Å². The van der Waals surface area contributed by atoms with Gasteiger partial charge in [-0.15, -0.1) is 22.7 Å². The Morgan fingerprint density at radius 3 is 1.93 bits per heavy atom. The number of hydrogen-bond donors (Lipinski definition) is 0. The Kier molecular flexibility index (Phi) is 4.11. The molecule has 132 valence electrons. The fraction of sp³-hybridized carbons (Fsp3) is 0.0909. The van der Waals surface area contributed by atoms with Gasteiger partial charge in [0.05, 0.1) is 14.8 Å². The Morgan fingerprint density at radius 1 is 0.778 bits per heavy atom. The largest absolute Gasteiger partial charge is 0.253 e. The number of halogens is 1. The quantitative estimate of drug-likeness (QED) is 0.258. The molecular weight excluding hydrogens is 436 g/mol. The molecule has 0 bridgehead atoms. The molecule has 0 fully saturated rings. The van der Waals surface area contributed by atoms with Crippen molar-refractivity contribution < 1.29 is 0 Å². The number of aryl methyl sites for hydroxylation is 2. The molecular formula is C22H15BrN2S2. The van der Waals surface area contributed by atoms with Crippen molar-refractivity contribution in [3.05, 3.63) is 69.1 Å².